The Hall–Kier alpha value is -1.50. The lowest BCUT2D eigenvalue weighted by molar-refractivity contribution is -0.0278. The van der Waals surface area contributed by atoms with Gasteiger partial charge in [-0.05, 0) is 58.5 Å². The van der Waals surface area contributed by atoms with Gasteiger partial charge in [0, 0.05) is 12.5 Å². The minimum absolute atomic E-state index is 0. The normalized spacial score (nSPS) is 17.0. The summed E-state index contributed by atoms with van der Waals surface area (Å²) in [6.07, 6.45) is 4.06. The number of hydrogen-bond acceptors (Lipinski definition) is 6. The van der Waals surface area contributed by atoms with Gasteiger partial charge in [-0.25, -0.2) is 4.79 Å². The molecule has 0 radical (unpaired) electrons. The van der Waals surface area contributed by atoms with Crippen molar-refractivity contribution in [1.82, 2.24) is 4.90 Å². The van der Waals surface area contributed by atoms with Crippen molar-refractivity contribution in [2.45, 2.75) is 63.6 Å². The van der Waals surface area contributed by atoms with Gasteiger partial charge in [0.15, 0.2) is 0 Å². The fourth-order valence-electron chi connectivity index (χ4n) is 3.63. The third-order valence-corrected chi connectivity index (χ3v) is 4.93. The van der Waals surface area contributed by atoms with Gasteiger partial charge in [0.2, 0.25) is 6.79 Å². The standard InChI is InChI=1S/C21H33NO5.ClH/c1-16(2)27-20(23)26-15-25-18-10-8-17(9-11-18)19(14-22(3)4)21(24)12-6-5-7-13-21;/h8-11,16,19,24H,5-7,12-15H2,1-4H3;1H. The molecule has 0 spiro atoms. The van der Waals surface area contributed by atoms with Crippen LogP contribution in [0.4, 0.5) is 4.79 Å². The van der Waals surface area contributed by atoms with E-state index in [1.54, 1.807) is 13.8 Å². The minimum atomic E-state index is -0.743. The van der Waals surface area contributed by atoms with Gasteiger partial charge in [-0.3, -0.25) is 0 Å². The number of aliphatic hydroxyl groups is 1. The van der Waals surface area contributed by atoms with Crippen LogP contribution in [-0.4, -0.2) is 55.3 Å². The Bertz CT molecular complexity index is 585. The summed E-state index contributed by atoms with van der Waals surface area (Å²) in [6.45, 7) is 4.10. The van der Waals surface area contributed by atoms with E-state index < -0.39 is 11.8 Å². The molecule has 1 aliphatic carbocycles. The summed E-state index contributed by atoms with van der Waals surface area (Å²) >= 11 is 0. The lowest BCUT2D eigenvalue weighted by Gasteiger charge is -2.40. The van der Waals surface area contributed by atoms with Crippen molar-refractivity contribution < 1.29 is 24.1 Å². The minimum Gasteiger partial charge on any atom is -0.457 e. The molecule has 0 amide bonds. The number of rotatable bonds is 8. The van der Waals surface area contributed by atoms with E-state index >= 15 is 0 Å². The van der Waals surface area contributed by atoms with Crippen LogP contribution in [-0.2, 0) is 9.47 Å². The van der Waals surface area contributed by atoms with E-state index in [-0.39, 0.29) is 31.2 Å². The molecule has 1 saturated carbocycles. The summed E-state index contributed by atoms with van der Waals surface area (Å²) in [6, 6.07) is 7.67. The molecule has 0 aliphatic heterocycles. The molecule has 0 bridgehead atoms. The molecule has 6 nitrogen and oxygen atoms in total. The van der Waals surface area contributed by atoms with Crippen LogP contribution < -0.4 is 4.74 Å². The second-order valence-corrected chi connectivity index (χ2v) is 7.87. The lowest BCUT2D eigenvalue weighted by atomic mass is 9.72. The fraction of sp³-hybridized carbons (Fsp3) is 0.667. The summed E-state index contributed by atoms with van der Waals surface area (Å²) in [7, 11) is 4.06. The third-order valence-electron chi connectivity index (χ3n) is 4.93. The largest absolute Gasteiger partial charge is 0.511 e. The number of benzene rings is 1. The molecule has 0 aromatic heterocycles. The van der Waals surface area contributed by atoms with Crippen LogP contribution in [0.2, 0.25) is 0 Å². The smallest absolute Gasteiger partial charge is 0.457 e. The van der Waals surface area contributed by atoms with Crippen LogP contribution >= 0.6 is 12.4 Å². The molecule has 1 aromatic rings. The Kier molecular flexibility index (Phi) is 10.1. The maximum atomic E-state index is 11.3. The van der Waals surface area contributed by atoms with Gasteiger partial charge in [0.25, 0.3) is 0 Å². The second-order valence-electron chi connectivity index (χ2n) is 7.87. The van der Waals surface area contributed by atoms with Crippen LogP contribution in [0.25, 0.3) is 0 Å². The number of carbonyl (C=O) groups excluding carboxylic acids is 1. The van der Waals surface area contributed by atoms with Crippen molar-refractivity contribution in [1.29, 1.82) is 0 Å². The molecule has 0 saturated heterocycles. The van der Waals surface area contributed by atoms with Crippen LogP contribution in [0.15, 0.2) is 24.3 Å². The SMILES string of the molecule is CC(C)OC(=O)OCOc1ccc(C(CN(C)C)C2(O)CCCCC2)cc1.Cl. The Balaban J connectivity index is 0.00000392. The first kappa shape index (κ1) is 24.5. The first-order valence-corrected chi connectivity index (χ1v) is 9.73. The monoisotopic (exact) mass is 415 g/mol. The number of carbonyl (C=O) groups is 1. The zero-order chi connectivity index (χ0) is 19.9. The molecule has 28 heavy (non-hydrogen) atoms. The first-order valence-electron chi connectivity index (χ1n) is 9.73. The number of ether oxygens (including phenoxy) is 3. The fourth-order valence-corrected chi connectivity index (χ4v) is 3.63. The van der Waals surface area contributed by atoms with Crippen LogP contribution in [0.3, 0.4) is 0 Å². The van der Waals surface area contributed by atoms with Gasteiger partial charge in [-0.2, -0.15) is 0 Å². The Morgan fingerprint density at radius 1 is 1.14 bits per heavy atom. The summed E-state index contributed by atoms with van der Waals surface area (Å²) < 4.78 is 15.2. The van der Waals surface area contributed by atoms with Crippen molar-refractivity contribution >= 4 is 18.6 Å². The topological polar surface area (TPSA) is 68.2 Å². The maximum absolute atomic E-state index is 11.3. The molecule has 1 aliphatic rings. The van der Waals surface area contributed by atoms with Crippen molar-refractivity contribution in [3.05, 3.63) is 29.8 Å². The van der Waals surface area contributed by atoms with E-state index in [0.717, 1.165) is 37.8 Å². The predicted octanol–water partition coefficient (Wildman–Crippen LogP) is 4.35. The molecule has 1 atom stereocenters. The average molecular weight is 416 g/mol. The predicted molar refractivity (Wildman–Crippen MR) is 111 cm³/mol. The Labute approximate surface area is 174 Å². The molecule has 1 unspecified atom stereocenters. The van der Waals surface area contributed by atoms with E-state index in [4.69, 9.17) is 14.2 Å². The zero-order valence-corrected chi connectivity index (χ0v) is 18.2. The van der Waals surface area contributed by atoms with E-state index in [2.05, 4.69) is 4.90 Å². The van der Waals surface area contributed by atoms with E-state index in [1.807, 2.05) is 38.4 Å². The van der Waals surface area contributed by atoms with Crippen molar-refractivity contribution in [3.63, 3.8) is 0 Å². The Morgan fingerprint density at radius 2 is 1.75 bits per heavy atom. The summed E-state index contributed by atoms with van der Waals surface area (Å²) in [5, 5.41) is 11.2. The molecule has 0 heterocycles. The van der Waals surface area contributed by atoms with Crippen LogP contribution in [0.5, 0.6) is 5.75 Å². The summed E-state index contributed by atoms with van der Waals surface area (Å²) in [4.78, 5) is 13.5. The summed E-state index contributed by atoms with van der Waals surface area (Å²) in [5.74, 6) is 0.662. The molecule has 1 aromatic carbocycles. The van der Waals surface area contributed by atoms with Crippen molar-refractivity contribution in [3.8, 4) is 5.75 Å². The van der Waals surface area contributed by atoms with Crippen LogP contribution in [0.1, 0.15) is 57.4 Å². The molecule has 7 heteroatoms. The molecule has 2 rings (SSSR count). The number of likely N-dealkylation sites (N-methyl/N-ethyl adjacent to an activating group) is 1. The maximum Gasteiger partial charge on any atom is 0.511 e. The number of hydrogen-bond donors (Lipinski definition) is 1. The highest BCUT2D eigenvalue weighted by atomic mass is 35.5. The van der Waals surface area contributed by atoms with Crippen molar-refractivity contribution in [2.24, 2.45) is 0 Å². The van der Waals surface area contributed by atoms with E-state index in [9.17, 15) is 9.90 Å². The van der Waals surface area contributed by atoms with E-state index in [0.29, 0.717) is 5.75 Å². The van der Waals surface area contributed by atoms with Gasteiger partial charge < -0.3 is 24.2 Å². The highest BCUT2D eigenvalue weighted by Crippen LogP contribution is 2.40. The van der Waals surface area contributed by atoms with E-state index in [1.165, 1.54) is 6.42 Å². The first-order chi connectivity index (χ1) is 12.8. The van der Waals surface area contributed by atoms with Gasteiger partial charge in [0.05, 0.1) is 11.7 Å². The Morgan fingerprint density at radius 3 is 2.29 bits per heavy atom. The van der Waals surface area contributed by atoms with Gasteiger partial charge >= 0.3 is 6.16 Å². The molecule has 1 fully saturated rings. The van der Waals surface area contributed by atoms with Crippen molar-refractivity contribution in [2.75, 3.05) is 27.4 Å². The molecular formula is C21H34ClNO5. The molecular weight excluding hydrogens is 382 g/mol. The summed E-state index contributed by atoms with van der Waals surface area (Å²) in [5.41, 5.74) is 0.440. The third kappa shape index (κ3) is 7.49. The highest BCUT2D eigenvalue weighted by Gasteiger charge is 2.38. The molecule has 1 N–H and O–H groups in total. The number of halogens is 1. The van der Waals surface area contributed by atoms with Gasteiger partial charge in [-0.1, -0.05) is 31.4 Å². The average Bonchev–Trinajstić information content (AvgIpc) is 2.60. The van der Waals surface area contributed by atoms with Gasteiger partial charge in [0.1, 0.15) is 5.75 Å². The van der Waals surface area contributed by atoms with Crippen LogP contribution in [0, 0.1) is 0 Å². The quantitative estimate of drug-likeness (QED) is 0.503. The second kappa shape index (κ2) is 11.5. The lowest BCUT2D eigenvalue weighted by Crippen LogP contribution is -2.42. The molecule has 160 valence electrons. The van der Waals surface area contributed by atoms with Gasteiger partial charge in [-0.15, -0.1) is 12.4 Å². The zero-order valence-electron chi connectivity index (χ0n) is 17.3. The highest BCUT2D eigenvalue weighted by molar-refractivity contribution is 5.85. The number of nitrogens with zero attached hydrogens (tertiary/aromatic N) is 1.